The van der Waals surface area contributed by atoms with E-state index in [2.05, 4.69) is 0 Å². The summed E-state index contributed by atoms with van der Waals surface area (Å²) in [6.45, 7) is 2.60. The molecule has 9 heteroatoms. The zero-order chi connectivity index (χ0) is 17.9. The first kappa shape index (κ1) is 18.5. The highest BCUT2D eigenvalue weighted by Gasteiger charge is 2.33. The number of likely N-dealkylation sites (tertiary alicyclic amines) is 1. The van der Waals surface area contributed by atoms with Gasteiger partial charge in [-0.2, -0.15) is 0 Å². The molecular weight excluding hydrogens is 356 g/mol. The Balaban J connectivity index is 1.97. The molecule has 2 unspecified atom stereocenters. The van der Waals surface area contributed by atoms with Gasteiger partial charge in [0.1, 0.15) is 0 Å². The van der Waals surface area contributed by atoms with Gasteiger partial charge in [0, 0.05) is 24.2 Å². The highest BCUT2D eigenvalue weighted by Crippen LogP contribution is 2.32. The van der Waals surface area contributed by atoms with Gasteiger partial charge in [0.15, 0.2) is 0 Å². The van der Waals surface area contributed by atoms with E-state index in [1.54, 1.807) is 11.0 Å². The second kappa shape index (κ2) is 7.85. The van der Waals surface area contributed by atoms with Crippen molar-refractivity contribution in [3.05, 3.63) is 33.3 Å². The molecule has 0 radical (unpaired) electrons. The number of rotatable bonds is 5. The van der Waals surface area contributed by atoms with Crippen molar-refractivity contribution in [1.29, 1.82) is 0 Å². The van der Waals surface area contributed by atoms with Crippen molar-refractivity contribution < 1.29 is 19.6 Å². The maximum absolute atomic E-state index is 12.3. The van der Waals surface area contributed by atoms with Gasteiger partial charge in [0.2, 0.25) is 5.91 Å². The molecule has 24 heavy (non-hydrogen) atoms. The van der Waals surface area contributed by atoms with Crippen molar-refractivity contribution in [3.8, 4) is 0 Å². The molecule has 7 nitrogen and oxygen atoms in total. The van der Waals surface area contributed by atoms with Crippen LogP contribution in [0.4, 0.5) is 5.69 Å². The Hall–Kier alpha value is -1.80. The van der Waals surface area contributed by atoms with Crippen molar-refractivity contribution in [2.45, 2.75) is 18.2 Å². The van der Waals surface area contributed by atoms with Crippen LogP contribution in [0.3, 0.4) is 0 Å². The standard InChI is InChI=1S/C15H17ClN2O5S/c1-9-7-17(5-4-11(9)15(20)21)14(19)8-24-13-3-2-10(16)6-12(13)18(22)23/h2-3,6,9,11H,4-5,7-8H2,1H3,(H,20,21). The van der Waals surface area contributed by atoms with Gasteiger partial charge in [-0.15, -0.1) is 11.8 Å². The highest BCUT2D eigenvalue weighted by atomic mass is 35.5. The largest absolute Gasteiger partial charge is 0.481 e. The van der Waals surface area contributed by atoms with Crippen LogP contribution in [0.5, 0.6) is 0 Å². The van der Waals surface area contributed by atoms with E-state index in [0.29, 0.717) is 24.4 Å². The monoisotopic (exact) mass is 372 g/mol. The third-order valence-corrected chi connectivity index (χ3v) is 5.33. The third-order valence-electron chi connectivity index (χ3n) is 4.04. The molecule has 1 aromatic carbocycles. The van der Waals surface area contributed by atoms with Crippen LogP contribution in [-0.2, 0) is 9.59 Å². The SMILES string of the molecule is CC1CN(C(=O)CSc2ccc(Cl)cc2[N+](=O)[O-])CCC1C(=O)O. The van der Waals surface area contributed by atoms with Crippen molar-refractivity contribution in [3.63, 3.8) is 0 Å². The molecule has 0 spiro atoms. The number of nitro groups is 1. The lowest BCUT2D eigenvalue weighted by Gasteiger charge is -2.34. The molecule has 2 rings (SSSR count). The zero-order valence-corrected chi connectivity index (χ0v) is 14.5. The minimum Gasteiger partial charge on any atom is -0.481 e. The van der Waals surface area contributed by atoms with Crippen molar-refractivity contribution >= 4 is 40.9 Å². The molecule has 0 saturated carbocycles. The average molecular weight is 373 g/mol. The summed E-state index contributed by atoms with van der Waals surface area (Å²) in [6.07, 6.45) is 0.425. The lowest BCUT2D eigenvalue weighted by atomic mass is 9.87. The Kier molecular flexibility index (Phi) is 6.06. The van der Waals surface area contributed by atoms with Gasteiger partial charge in [-0.3, -0.25) is 19.7 Å². The number of thioether (sulfide) groups is 1. The van der Waals surface area contributed by atoms with Crippen molar-refractivity contribution in [2.24, 2.45) is 11.8 Å². The Morgan fingerprint density at radius 2 is 2.21 bits per heavy atom. The van der Waals surface area contributed by atoms with Gasteiger partial charge < -0.3 is 10.0 Å². The molecule has 0 bridgehead atoms. The Morgan fingerprint density at radius 1 is 1.50 bits per heavy atom. The van der Waals surface area contributed by atoms with Crippen LogP contribution in [0.1, 0.15) is 13.3 Å². The van der Waals surface area contributed by atoms with E-state index in [0.717, 1.165) is 11.8 Å². The molecule has 1 aromatic rings. The fourth-order valence-electron chi connectivity index (χ4n) is 2.73. The fourth-order valence-corrected chi connectivity index (χ4v) is 3.80. The molecule has 1 aliphatic rings. The maximum Gasteiger partial charge on any atom is 0.306 e. The number of amides is 1. The van der Waals surface area contributed by atoms with Crippen LogP contribution in [-0.4, -0.2) is 45.6 Å². The second-order valence-electron chi connectivity index (χ2n) is 5.71. The predicted octanol–water partition coefficient (Wildman–Crippen LogP) is 2.91. The summed E-state index contributed by atoms with van der Waals surface area (Å²) in [7, 11) is 0. The van der Waals surface area contributed by atoms with E-state index >= 15 is 0 Å². The number of aliphatic carboxylic acids is 1. The molecule has 1 amide bonds. The number of nitro benzene ring substituents is 1. The van der Waals surface area contributed by atoms with E-state index in [1.807, 2.05) is 6.92 Å². The third kappa shape index (κ3) is 4.39. The lowest BCUT2D eigenvalue weighted by Crippen LogP contribution is -2.45. The quantitative estimate of drug-likeness (QED) is 0.484. The van der Waals surface area contributed by atoms with Gasteiger partial charge in [-0.05, 0) is 24.5 Å². The van der Waals surface area contributed by atoms with Crippen LogP contribution in [0.25, 0.3) is 0 Å². The molecule has 130 valence electrons. The minimum atomic E-state index is -0.833. The van der Waals surface area contributed by atoms with E-state index < -0.39 is 16.8 Å². The Labute approximate surface area is 148 Å². The molecule has 0 aromatic heterocycles. The number of carbonyl (C=O) groups is 2. The fraction of sp³-hybridized carbons (Fsp3) is 0.467. The van der Waals surface area contributed by atoms with Crippen LogP contribution >= 0.6 is 23.4 Å². The first-order valence-corrected chi connectivity index (χ1v) is 8.73. The molecule has 1 fully saturated rings. The molecule has 1 saturated heterocycles. The lowest BCUT2D eigenvalue weighted by molar-refractivity contribution is -0.387. The summed E-state index contributed by atoms with van der Waals surface area (Å²) in [5.74, 6) is -1.47. The van der Waals surface area contributed by atoms with Crippen LogP contribution in [0.2, 0.25) is 5.02 Å². The topological polar surface area (TPSA) is 101 Å². The number of nitrogens with zero attached hydrogens (tertiary/aromatic N) is 2. The first-order valence-electron chi connectivity index (χ1n) is 7.37. The maximum atomic E-state index is 12.3. The van der Waals surface area contributed by atoms with Crippen molar-refractivity contribution in [1.82, 2.24) is 4.90 Å². The predicted molar refractivity (Wildman–Crippen MR) is 90.3 cm³/mol. The van der Waals surface area contributed by atoms with E-state index in [1.165, 1.54) is 12.1 Å². The van der Waals surface area contributed by atoms with Crippen molar-refractivity contribution in [2.75, 3.05) is 18.8 Å². The van der Waals surface area contributed by atoms with E-state index in [4.69, 9.17) is 16.7 Å². The average Bonchev–Trinajstić information content (AvgIpc) is 2.52. The first-order chi connectivity index (χ1) is 11.3. The summed E-state index contributed by atoms with van der Waals surface area (Å²) >= 11 is 6.85. The van der Waals surface area contributed by atoms with Gasteiger partial charge >= 0.3 is 5.97 Å². The number of carboxylic acid groups (broad SMARTS) is 1. The molecule has 2 atom stereocenters. The normalized spacial score (nSPS) is 20.7. The second-order valence-corrected chi connectivity index (χ2v) is 7.16. The smallest absolute Gasteiger partial charge is 0.306 e. The number of benzene rings is 1. The molecule has 1 heterocycles. The number of hydrogen-bond acceptors (Lipinski definition) is 5. The molecular formula is C15H17ClN2O5S. The summed E-state index contributed by atoms with van der Waals surface area (Å²) in [5.41, 5.74) is -0.127. The van der Waals surface area contributed by atoms with Gasteiger partial charge in [-0.1, -0.05) is 18.5 Å². The van der Waals surface area contributed by atoms with Gasteiger partial charge in [0.05, 0.1) is 21.5 Å². The number of halogens is 1. The van der Waals surface area contributed by atoms with Crippen LogP contribution in [0.15, 0.2) is 23.1 Å². The summed E-state index contributed by atoms with van der Waals surface area (Å²) in [5, 5.41) is 20.4. The molecule has 1 N–H and O–H groups in total. The Morgan fingerprint density at radius 3 is 2.79 bits per heavy atom. The minimum absolute atomic E-state index is 0.0624. The number of carbonyl (C=O) groups excluding carboxylic acids is 1. The summed E-state index contributed by atoms with van der Waals surface area (Å²) in [6, 6.07) is 4.33. The highest BCUT2D eigenvalue weighted by molar-refractivity contribution is 8.00. The van der Waals surface area contributed by atoms with Crippen LogP contribution < -0.4 is 0 Å². The van der Waals surface area contributed by atoms with Gasteiger partial charge in [0.25, 0.3) is 5.69 Å². The van der Waals surface area contributed by atoms with E-state index in [9.17, 15) is 19.7 Å². The number of piperidine rings is 1. The van der Waals surface area contributed by atoms with Gasteiger partial charge in [-0.25, -0.2) is 0 Å². The Bertz CT molecular complexity index is 669. The summed E-state index contributed by atoms with van der Waals surface area (Å²) in [4.78, 5) is 35.9. The summed E-state index contributed by atoms with van der Waals surface area (Å²) < 4.78 is 0. The zero-order valence-electron chi connectivity index (χ0n) is 13.0. The molecule has 1 aliphatic heterocycles. The molecule has 0 aliphatic carbocycles. The van der Waals surface area contributed by atoms with E-state index in [-0.39, 0.29) is 28.3 Å². The van der Waals surface area contributed by atoms with Crippen LogP contribution in [0, 0.1) is 22.0 Å². The number of hydrogen-bond donors (Lipinski definition) is 1. The number of carboxylic acids is 1.